The van der Waals surface area contributed by atoms with E-state index in [4.69, 9.17) is 14.2 Å². The van der Waals surface area contributed by atoms with E-state index in [-0.39, 0.29) is 6.42 Å². The minimum absolute atomic E-state index is 0.187. The number of alkyl halides is 2. The number of rotatable bonds is 3. The normalized spacial score (nSPS) is 43.6. The zero-order valence-corrected chi connectivity index (χ0v) is 13.8. The van der Waals surface area contributed by atoms with Crippen LogP contribution in [0.15, 0.2) is 0 Å². The van der Waals surface area contributed by atoms with Crippen molar-refractivity contribution in [2.75, 3.05) is 14.2 Å². The Morgan fingerprint density at radius 1 is 1.37 bits per heavy atom. The van der Waals surface area contributed by atoms with Crippen LogP contribution in [0.5, 0.6) is 0 Å². The van der Waals surface area contributed by atoms with Crippen molar-refractivity contribution in [1.29, 1.82) is 0 Å². The lowest BCUT2D eigenvalue weighted by Crippen LogP contribution is -2.58. The molecule has 6 nitrogen and oxygen atoms in total. The van der Waals surface area contributed by atoms with Gasteiger partial charge in [-0.2, -0.15) is 0 Å². The Bertz CT molecular complexity index is 437. The van der Waals surface area contributed by atoms with E-state index in [1.165, 1.54) is 21.1 Å². The second-order valence-electron chi connectivity index (χ2n) is 4.67. The Labute approximate surface area is 127 Å². The first kappa shape index (κ1) is 15.4. The van der Waals surface area contributed by atoms with E-state index in [2.05, 4.69) is 31.9 Å². The Balaban J connectivity index is 2.58. The van der Waals surface area contributed by atoms with Gasteiger partial charge in [-0.05, 0) is 0 Å². The highest BCUT2D eigenvalue weighted by Crippen LogP contribution is 2.66. The molecule has 0 spiro atoms. The summed E-state index contributed by atoms with van der Waals surface area (Å²) in [4.78, 5) is 23.5. The maximum absolute atomic E-state index is 12.3. The van der Waals surface area contributed by atoms with E-state index in [9.17, 15) is 14.7 Å². The van der Waals surface area contributed by atoms with Crippen molar-refractivity contribution in [2.24, 2.45) is 0 Å². The number of ketones is 1. The molecule has 0 radical (unpaired) electrons. The molecule has 2 rings (SSSR count). The maximum Gasteiger partial charge on any atom is 0.302 e. The van der Waals surface area contributed by atoms with Crippen LogP contribution in [0.25, 0.3) is 0 Å². The molecule has 4 atom stereocenters. The third-order valence-corrected chi connectivity index (χ3v) is 6.58. The Morgan fingerprint density at radius 2 is 1.89 bits per heavy atom. The fourth-order valence-electron chi connectivity index (χ4n) is 3.12. The zero-order chi connectivity index (χ0) is 14.6. The van der Waals surface area contributed by atoms with Gasteiger partial charge in [0.05, 0.1) is 0 Å². The summed E-state index contributed by atoms with van der Waals surface area (Å²) in [6.07, 6.45) is -1.93. The van der Waals surface area contributed by atoms with Crippen LogP contribution in [0, 0.1) is 0 Å². The van der Waals surface area contributed by atoms with E-state index >= 15 is 0 Å². The van der Waals surface area contributed by atoms with Crippen LogP contribution in [-0.4, -0.2) is 57.7 Å². The van der Waals surface area contributed by atoms with Crippen molar-refractivity contribution in [3.8, 4) is 0 Å². The molecule has 0 aromatic rings. The zero-order valence-electron chi connectivity index (χ0n) is 10.6. The first-order valence-electron chi connectivity index (χ1n) is 5.59. The molecule has 0 amide bonds. The first-order chi connectivity index (χ1) is 8.71. The van der Waals surface area contributed by atoms with Gasteiger partial charge in [-0.15, -0.1) is 0 Å². The van der Waals surface area contributed by atoms with Gasteiger partial charge >= 0.3 is 5.97 Å². The fraction of sp³-hybridized carbons (Fsp3) is 0.818. The lowest BCUT2D eigenvalue weighted by molar-refractivity contribution is -0.222. The molecule has 2 aliphatic rings. The molecular weight excluding hydrogens is 388 g/mol. The molecule has 19 heavy (non-hydrogen) atoms. The van der Waals surface area contributed by atoms with Gasteiger partial charge < -0.3 is 19.3 Å². The van der Waals surface area contributed by atoms with Crippen molar-refractivity contribution in [3.63, 3.8) is 0 Å². The maximum atomic E-state index is 12.3. The van der Waals surface area contributed by atoms with Crippen molar-refractivity contribution in [3.05, 3.63) is 0 Å². The van der Waals surface area contributed by atoms with Crippen LogP contribution in [-0.2, 0) is 23.8 Å². The van der Waals surface area contributed by atoms with Crippen LogP contribution in [0.3, 0.4) is 0 Å². The third-order valence-electron chi connectivity index (χ3n) is 3.88. The van der Waals surface area contributed by atoms with Gasteiger partial charge in [0.1, 0.15) is 16.5 Å². The summed E-state index contributed by atoms with van der Waals surface area (Å²) < 4.78 is 13.4. The summed E-state index contributed by atoms with van der Waals surface area (Å²) in [5, 5.41) is 10.1. The minimum atomic E-state index is -1.46. The van der Waals surface area contributed by atoms with E-state index < -0.39 is 38.4 Å². The number of carbonyl (C=O) groups is 2. The van der Waals surface area contributed by atoms with Gasteiger partial charge in [-0.3, -0.25) is 9.59 Å². The molecule has 0 aromatic heterocycles. The summed E-state index contributed by atoms with van der Waals surface area (Å²) >= 11 is 6.66. The summed E-state index contributed by atoms with van der Waals surface area (Å²) in [5.41, 5.74) is 0. The molecule has 0 aliphatic heterocycles. The second-order valence-corrected chi connectivity index (χ2v) is 7.33. The standard InChI is InChI=1S/C11H14Br2O6/c1-5(14)19-6-4-9(12)7(15)8(16)10(6,13)11(9,17-2)18-3/h6-7,15H,4H2,1-3H3/t6-,7-,9+,10-/m0/s1. The lowest BCUT2D eigenvalue weighted by atomic mass is 9.93. The van der Waals surface area contributed by atoms with Gasteiger partial charge in [-0.1, -0.05) is 31.9 Å². The average molecular weight is 402 g/mol. The summed E-state index contributed by atoms with van der Waals surface area (Å²) in [5.74, 6) is -2.52. The Hall–Kier alpha value is -0.0200. The van der Waals surface area contributed by atoms with E-state index in [0.717, 1.165) is 0 Å². The predicted molar refractivity (Wildman–Crippen MR) is 71.2 cm³/mol. The second kappa shape index (κ2) is 4.49. The number of hydrogen-bond donors (Lipinski definition) is 1. The molecule has 2 saturated carbocycles. The minimum Gasteiger partial charge on any atom is -0.460 e. The van der Waals surface area contributed by atoms with Gasteiger partial charge in [0.2, 0.25) is 5.79 Å². The number of Topliss-reactive ketones (excluding diaryl/α,β-unsaturated/α-hetero) is 1. The molecule has 8 heteroatoms. The molecule has 0 aromatic carbocycles. The van der Waals surface area contributed by atoms with E-state index in [0.29, 0.717) is 0 Å². The van der Waals surface area contributed by atoms with Crippen LogP contribution in [0.4, 0.5) is 0 Å². The predicted octanol–water partition coefficient (Wildman–Crippen LogP) is 0.522. The highest BCUT2D eigenvalue weighted by Gasteiger charge is 2.86. The molecule has 2 aliphatic carbocycles. The summed E-state index contributed by atoms with van der Waals surface area (Å²) in [7, 11) is 2.74. The monoisotopic (exact) mass is 400 g/mol. The van der Waals surface area contributed by atoms with Gasteiger partial charge in [-0.25, -0.2) is 0 Å². The number of aliphatic hydroxyl groups excluding tert-OH is 1. The van der Waals surface area contributed by atoms with Crippen LogP contribution in [0.1, 0.15) is 13.3 Å². The molecule has 0 heterocycles. The van der Waals surface area contributed by atoms with Crippen molar-refractivity contribution in [2.45, 2.75) is 40.0 Å². The number of carbonyl (C=O) groups excluding carboxylic acids is 2. The van der Waals surface area contributed by atoms with Gasteiger partial charge in [0.25, 0.3) is 0 Å². The highest BCUT2D eigenvalue weighted by atomic mass is 79.9. The largest absolute Gasteiger partial charge is 0.460 e. The molecule has 1 N–H and O–H groups in total. The SMILES string of the molecule is COC1(OC)[C@@]2(Br)C[C@H](OC(C)=O)[C@]1(Br)C(=O)[C@@H]2O. The van der Waals surface area contributed by atoms with Crippen molar-refractivity contribution < 1.29 is 28.9 Å². The number of fused-ring (bicyclic) bond motifs is 2. The van der Waals surface area contributed by atoms with Crippen LogP contribution in [0.2, 0.25) is 0 Å². The van der Waals surface area contributed by atoms with Gasteiger partial charge in [0.15, 0.2) is 10.1 Å². The number of methoxy groups -OCH3 is 2. The van der Waals surface area contributed by atoms with Crippen LogP contribution >= 0.6 is 31.9 Å². The topological polar surface area (TPSA) is 82.1 Å². The number of halogens is 2. The Kier molecular flexibility index (Phi) is 3.63. The van der Waals surface area contributed by atoms with Crippen molar-refractivity contribution >= 4 is 43.6 Å². The van der Waals surface area contributed by atoms with E-state index in [1.54, 1.807) is 0 Å². The van der Waals surface area contributed by atoms with Crippen molar-refractivity contribution in [1.82, 2.24) is 0 Å². The lowest BCUT2D eigenvalue weighted by Gasteiger charge is -2.39. The molecule has 2 bridgehead atoms. The Morgan fingerprint density at radius 3 is 2.26 bits per heavy atom. The molecule has 0 saturated heterocycles. The summed E-state index contributed by atoms with van der Waals surface area (Å²) in [6, 6.07) is 0. The van der Waals surface area contributed by atoms with Crippen LogP contribution < -0.4 is 0 Å². The molecule has 0 unspecified atom stereocenters. The number of ether oxygens (including phenoxy) is 3. The van der Waals surface area contributed by atoms with E-state index in [1.807, 2.05) is 0 Å². The fourth-order valence-corrected chi connectivity index (χ4v) is 5.68. The molecular formula is C11H14Br2O6. The smallest absolute Gasteiger partial charge is 0.302 e. The number of aliphatic hydroxyl groups is 1. The highest BCUT2D eigenvalue weighted by molar-refractivity contribution is 9.11. The number of hydrogen-bond acceptors (Lipinski definition) is 6. The average Bonchev–Trinajstić information content (AvgIpc) is 2.60. The quantitative estimate of drug-likeness (QED) is 0.422. The number of esters is 1. The molecule has 108 valence electrons. The first-order valence-corrected chi connectivity index (χ1v) is 7.17. The summed E-state index contributed by atoms with van der Waals surface area (Å²) in [6.45, 7) is 1.26. The third kappa shape index (κ3) is 1.52. The molecule has 2 fully saturated rings. The van der Waals surface area contributed by atoms with Gasteiger partial charge in [0, 0.05) is 27.6 Å².